The summed E-state index contributed by atoms with van der Waals surface area (Å²) in [7, 11) is -2.15. The summed E-state index contributed by atoms with van der Waals surface area (Å²) in [5, 5.41) is 0. The highest BCUT2D eigenvalue weighted by Crippen LogP contribution is 2.17. The molecular weight excluding hydrogens is 186 g/mol. The minimum absolute atomic E-state index is 0.652. The summed E-state index contributed by atoms with van der Waals surface area (Å²) in [6.45, 7) is 2.51. The summed E-state index contributed by atoms with van der Waals surface area (Å²) in [5.74, 6) is 1.35. The van der Waals surface area contributed by atoms with Gasteiger partial charge >= 0.3 is 0 Å². The van der Waals surface area contributed by atoms with Crippen LogP contribution in [0.25, 0.3) is 0 Å². The van der Waals surface area contributed by atoms with E-state index in [4.69, 9.17) is 0 Å². The quantitative estimate of drug-likeness (QED) is 0.675. The Morgan fingerprint density at radius 3 is 2.62 bits per heavy atom. The second-order valence-electron chi connectivity index (χ2n) is 3.02. The van der Waals surface area contributed by atoms with Gasteiger partial charge in [-0.25, -0.2) is 18.5 Å². The third-order valence-electron chi connectivity index (χ3n) is 2.00. The molecule has 0 fully saturated rings. The highest BCUT2D eigenvalue weighted by atomic mass is 32.2. The minimum atomic E-state index is -2.15. The van der Waals surface area contributed by atoms with Crippen LogP contribution in [0.15, 0.2) is 21.7 Å². The highest BCUT2D eigenvalue weighted by molar-refractivity contribution is 7.93. The Hall–Kier alpha value is -0.970. The van der Waals surface area contributed by atoms with Gasteiger partial charge in [0.15, 0.2) is 0 Å². The van der Waals surface area contributed by atoms with Gasteiger partial charge in [-0.1, -0.05) is 0 Å². The average Bonchev–Trinajstić information content (AvgIpc) is 2.54. The predicted molar refractivity (Wildman–Crippen MR) is 50.0 cm³/mol. The monoisotopic (exact) mass is 197 g/mol. The summed E-state index contributed by atoms with van der Waals surface area (Å²) in [5.41, 5.74) is 0. The van der Waals surface area contributed by atoms with E-state index in [1.54, 1.807) is 12.4 Å². The maximum absolute atomic E-state index is 12.1. The van der Waals surface area contributed by atoms with E-state index in [9.17, 15) is 4.21 Å². The first kappa shape index (κ1) is 8.62. The highest BCUT2D eigenvalue weighted by Gasteiger charge is 2.17. The number of aryl methyl sites for hydroxylation is 1. The van der Waals surface area contributed by atoms with Crippen molar-refractivity contribution in [3.05, 3.63) is 18.2 Å². The van der Waals surface area contributed by atoms with Crippen molar-refractivity contribution in [1.82, 2.24) is 9.97 Å². The Morgan fingerprint density at radius 2 is 2.08 bits per heavy atom. The maximum atomic E-state index is 12.1. The van der Waals surface area contributed by atoms with Crippen molar-refractivity contribution in [3.63, 3.8) is 0 Å². The first-order valence-electron chi connectivity index (χ1n) is 4.20. The molecule has 0 saturated heterocycles. The van der Waals surface area contributed by atoms with Gasteiger partial charge in [-0.15, -0.1) is 0 Å². The number of hydrogen-bond donors (Lipinski definition) is 0. The van der Waals surface area contributed by atoms with E-state index >= 15 is 0 Å². The van der Waals surface area contributed by atoms with Crippen LogP contribution in [0.5, 0.6) is 0 Å². The van der Waals surface area contributed by atoms with E-state index in [0.29, 0.717) is 23.0 Å². The average molecular weight is 197 g/mol. The summed E-state index contributed by atoms with van der Waals surface area (Å²) in [6.07, 6.45) is 4.16. The van der Waals surface area contributed by atoms with E-state index in [1.807, 2.05) is 6.92 Å². The van der Waals surface area contributed by atoms with Gasteiger partial charge in [0.05, 0.1) is 14.6 Å². The zero-order chi connectivity index (χ0) is 9.31. The molecule has 1 atom stereocenters. The van der Waals surface area contributed by atoms with Crippen LogP contribution in [0.2, 0.25) is 0 Å². The molecule has 0 aliphatic carbocycles. The lowest BCUT2D eigenvalue weighted by molar-refractivity contribution is 0.678. The third kappa shape index (κ3) is 1.56. The SMILES string of the molecule is Cc1ncc(S2(=O)=NCCC2)cn1. The molecule has 70 valence electrons. The Bertz CT molecular complexity index is 418. The molecule has 1 aromatic rings. The van der Waals surface area contributed by atoms with Crippen molar-refractivity contribution in [2.45, 2.75) is 18.2 Å². The number of aromatic nitrogens is 2. The van der Waals surface area contributed by atoms with E-state index in [1.165, 1.54) is 0 Å². The fraction of sp³-hybridized carbons (Fsp3) is 0.500. The first-order chi connectivity index (χ1) is 6.21. The Morgan fingerprint density at radius 1 is 1.38 bits per heavy atom. The molecule has 0 aromatic carbocycles. The molecule has 1 aliphatic heterocycles. The van der Waals surface area contributed by atoms with Crippen LogP contribution in [-0.4, -0.2) is 26.5 Å². The zero-order valence-corrected chi connectivity index (χ0v) is 8.25. The van der Waals surface area contributed by atoms with Gasteiger partial charge in [-0.05, 0) is 13.3 Å². The molecule has 2 rings (SSSR count). The van der Waals surface area contributed by atoms with Gasteiger partial charge in [0.2, 0.25) is 0 Å². The van der Waals surface area contributed by atoms with Gasteiger partial charge in [-0.3, -0.25) is 0 Å². The molecule has 0 amide bonds. The summed E-state index contributed by atoms with van der Waals surface area (Å²) >= 11 is 0. The fourth-order valence-electron chi connectivity index (χ4n) is 1.27. The second kappa shape index (κ2) is 3.06. The van der Waals surface area contributed by atoms with Crippen molar-refractivity contribution >= 4 is 9.73 Å². The molecule has 0 saturated carbocycles. The fourth-order valence-corrected chi connectivity index (χ4v) is 3.17. The molecule has 1 aromatic heterocycles. The van der Waals surface area contributed by atoms with Crippen LogP contribution < -0.4 is 0 Å². The van der Waals surface area contributed by atoms with E-state index in [-0.39, 0.29) is 0 Å². The lowest BCUT2D eigenvalue weighted by Gasteiger charge is -2.02. The number of rotatable bonds is 1. The van der Waals surface area contributed by atoms with Gasteiger partial charge in [-0.2, -0.15) is 0 Å². The molecule has 0 N–H and O–H groups in total. The van der Waals surface area contributed by atoms with Gasteiger partial charge in [0.25, 0.3) is 0 Å². The van der Waals surface area contributed by atoms with E-state index in [0.717, 1.165) is 6.42 Å². The third-order valence-corrected chi connectivity index (χ3v) is 4.39. The van der Waals surface area contributed by atoms with Crippen molar-refractivity contribution in [2.24, 2.45) is 4.36 Å². The maximum Gasteiger partial charge on any atom is 0.125 e. The predicted octanol–water partition coefficient (Wildman–Crippen LogP) is 1.02. The summed E-state index contributed by atoms with van der Waals surface area (Å²) in [4.78, 5) is 8.71. The molecule has 0 radical (unpaired) electrons. The molecule has 2 heterocycles. The molecule has 1 aliphatic rings. The van der Waals surface area contributed by atoms with Crippen molar-refractivity contribution in [2.75, 3.05) is 12.3 Å². The second-order valence-corrected chi connectivity index (χ2v) is 5.44. The molecule has 4 nitrogen and oxygen atoms in total. The van der Waals surface area contributed by atoms with Crippen LogP contribution in [0.1, 0.15) is 12.2 Å². The largest absolute Gasteiger partial charge is 0.245 e. The topological polar surface area (TPSA) is 55.2 Å². The summed E-state index contributed by atoms with van der Waals surface area (Å²) in [6, 6.07) is 0. The molecule has 1 unspecified atom stereocenters. The van der Waals surface area contributed by atoms with Crippen molar-refractivity contribution in [1.29, 1.82) is 0 Å². The van der Waals surface area contributed by atoms with Gasteiger partial charge < -0.3 is 0 Å². The van der Waals surface area contributed by atoms with Crippen molar-refractivity contribution in [3.8, 4) is 0 Å². The normalized spacial score (nSPS) is 27.2. The van der Waals surface area contributed by atoms with Crippen LogP contribution in [-0.2, 0) is 9.73 Å². The Labute approximate surface area is 77.6 Å². The smallest absolute Gasteiger partial charge is 0.125 e. The minimum Gasteiger partial charge on any atom is -0.245 e. The lowest BCUT2D eigenvalue weighted by Crippen LogP contribution is -2.03. The van der Waals surface area contributed by atoms with Gasteiger partial charge in [0, 0.05) is 24.7 Å². The molecule has 0 bridgehead atoms. The van der Waals surface area contributed by atoms with E-state index in [2.05, 4.69) is 14.3 Å². The zero-order valence-electron chi connectivity index (χ0n) is 7.43. The number of hydrogen-bond acceptors (Lipinski definition) is 4. The first-order valence-corrected chi connectivity index (χ1v) is 5.88. The Kier molecular flexibility index (Phi) is 2.03. The van der Waals surface area contributed by atoms with Crippen LogP contribution >= 0.6 is 0 Å². The lowest BCUT2D eigenvalue weighted by atomic mass is 10.5. The molecule has 0 spiro atoms. The van der Waals surface area contributed by atoms with Crippen LogP contribution in [0.3, 0.4) is 0 Å². The van der Waals surface area contributed by atoms with Crippen molar-refractivity contribution < 1.29 is 4.21 Å². The number of nitrogens with zero attached hydrogens (tertiary/aromatic N) is 3. The van der Waals surface area contributed by atoms with Crippen LogP contribution in [0, 0.1) is 6.92 Å². The van der Waals surface area contributed by atoms with Crippen LogP contribution in [0.4, 0.5) is 0 Å². The Balaban J connectivity index is 2.47. The molecule has 5 heteroatoms. The van der Waals surface area contributed by atoms with Gasteiger partial charge in [0.1, 0.15) is 5.82 Å². The molecule has 13 heavy (non-hydrogen) atoms. The standard InChI is InChI=1S/C8H11N3OS/c1-7-9-5-8(6-10-7)13(12)4-2-3-11-13/h5-6H,2-4H2,1H3. The van der Waals surface area contributed by atoms with E-state index < -0.39 is 9.73 Å². The summed E-state index contributed by atoms with van der Waals surface area (Å²) < 4.78 is 16.2. The molecular formula is C8H11N3OS.